The molecule has 1 aromatic heterocycles. The number of nitrogens with zero attached hydrogens (tertiary/aromatic N) is 2. The number of halogens is 1. The van der Waals surface area contributed by atoms with Gasteiger partial charge in [-0.05, 0) is 30.2 Å². The van der Waals surface area contributed by atoms with Crippen LogP contribution in [-0.2, 0) is 16.1 Å². The molecular formula is C16H11FN2O4. The molecule has 7 heteroatoms. The fourth-order valence-corrected chi connectivity index (χ4v) is 2.20. The van der Waals surface area contributed by atoms with Crippen LogP contribution in [0.15, 0.2) is 42.6 Å². The van der Waals surface area contributed by atoms with E-state index in [2.05, 4.69) is 4.98 Å². The fourth-order valence-electron chi connectivity index (χ4n) is 2.20. The van der Waals surface area contributed by atoms with Crippen LogP contribution >= 0.6 is 0 Å². The third-order valence-electron chi connectivity index (χ3n) is 3.36. The summed E-state index contributed by atoms with van der Waals surface area (Å²) in [5.41, 5.74) is 1.05. The third-order valence-corrected chi connectivity index (χ3v) is 3.36. The van der Waals surface area contributed by atoms with Crippen molar-refractivity contribution in [3.63, 3.8) is 0 Å². The van der Waals surface area contributed by atoms with Crippen LogP contribution < -0.4 is 0 Å². The highest BCUT2D eigenvalue weighted by Gasteiger charge is 2.38. The van der Waals surface area contributed by atoms with Crippen LogP contribution in [-0.4, -0.2) is 27.8 Å². The summed E-state index contributed by atoms with van der Waals surface area (Å²) < 4.78 is 12.7. The molecule has 1 aliphatic heterocycles. The highest BCUT2D eigenvalue weighted by atomic mass is 19.1. The average Bonchev–Trinajstić information content (AvgIpc) is 2.80. The first-order chi connectivity index (χ1) is 11.1. The maximum absolute atomic E-state index is 12.7. The second-order valence-electron chi connectivity index (χ2n) is 4.90. The van der Waals surface area contributed by atoms with Gasteiger partial charge >= 0.3 is 5.97 Å². The van der Waals surface area contributed by atoms with Gasteiger partial charge in [0.2, 0.25) is 5.95 Å². The number of hydrogen-bond donors (Lipinski definition) is 0. The van der Waals surface area contributed by atoms with Gasteiger partial charge in [-0.1, -0.05) is 23.3 Å². The lowest BCUT2D eigenvalue weighted by molar-refractivity contribution is -0.168. The van der Waals surface area contributed by atoms with Gasteiger partial charge in [0, 0.05) is 6.20 Å². The van der Waals surface area contributed by atoms with Crippen LogP contribution in [0.4, 0.5) is 4.39 Å². The van der Waals surface area contributed by atoms with E-state index in [-0.39, 0.29) is 24.0 Å². The molecule has 0 bridgehead atoms. The number of hydroxylamine groups is 2. The summed E-state index contributed by atoms with van der Waals surface area (Å²) in [5, 5.41) is 0.468. The van der Waals surface area contributed by atoms with Crippen molar-refractivity contribution < 1.29 is 23.6 Å². The lowest BCUT2D eigenvalue weighted by atomic mass is 10.1. The maximum Gasteiger partial charge on any atom is 0.333 e. The Morgan fingerprint density at radius 1 is 1.09 bits per heavy atom. The topological polar surface area (TPSA) is 76.6 Å². The van der Waals surface area contributed by atoms with E-state index in [4.69, 9.17) is 4.84 Å². The molecule has 2 amide bonds. The summed E-state index contributed by atoms with van der Waals surface area (Å²) >= 11 is 0. The molecule has 23 heavy (non-hydrogen) atoms. The van der Waals surface area contributed by atoms with E-state index in [9.17, 15) is 18.8 Å². The monoisotopic (exact) mass is 314 g/mol. The van der Waals surface area contributed by atoms with Crippen molar-refractivity contribution in [3.05, 3.63) is 65.2 Å². The van der Waals surface area contributed by atoms with Crippen molar-refractivity contribution in [1.82, 2.24) is 10.0 Å². The van der Waals surface area contributed by atoms with E-state index in [0.29, 0.717) is 10.6 Å². The molecule has 0 aliphatic carbocycles. The van der Waals surface area contributed by atoms with Gasteiger partial charge in [-0.25, -0.2) is 9.78 Å². The zero-order valence-corrected chi connectivity index (χ0v) is 11.9. The molecule has 1 aliphatic rings. The van der Waals surface area contributed by atoms with Crippen LogP contribution in [0.2, 0.25) is 0 Å². The highest BCUT2D eigenvalue weighted by Crippen LogP contribution is 2.22. The Balaban J connectivity index is 1.62. The van der Waals surface area contributed by atoms with Crippen molar-refractivity contribution in [2.24, 2.45) is 0 Å². The molecule has 2 aromatic rings. The van der Waals surface area contributed by atoms with Gasteiger partial charge in [0.1, 0.15) is 0 Å². The lowest BCUT2D eigenvalue weighted by Crippen LogP contribution is -2.32. The summed E-state index contributed by atoms with van der Waals surface area (Å²) in [5.74, 6) is -2.67. The summed E-state index contributed by atoms with van der Waals surface area (Å²) in [6.07, 6.45) is 1.50. The molecule has 0 N–H and O–H groups in total. The molecule has 6 nitrogen and oxygen atoms in total. The largest absolute Gasteiger partial charge is 0.333 e. The lowest BCUT2D eigenvalue weighted by Gasteiger charge is -2.12. The molecular weight excluding hydrogens is 303 g/mol. The number of aromatic nitrogens is 1. The molecule has 3 rings (SSSR count). The summed E-state index contributed by atoms with van der Waals surface area (Å²) in [4.78, 5) is 44.2. The van der Waals surface area contributed by atoms with Crippen LogP contribution in [0.5, 0.6) is 0 Å². The second kappa shape index (κ2) is 5.96. The van der Waals surface area contributed by atoms with Crippen molar-refractivity contribution in [2.75, 3.05) is 0 Å². The smallest absolute Gasteiger partial charge is 0.330 e. The number of hydrogen-bond acceptors (Lipinski definition) is 5. The minimum Gasteiger partial charge on any atom is -0.330 e. The van der Waals surface area contributed by atoms with Crippen LogP contribution in [0.25, 0.3) is 0 Å². The van der Waals surface area contributed by atoms with Gasteiger partial charge in [-0.2, -0.15) is 4.39 Å². The number of amides is 2. The Hall–Kier alpha value is -3.09. The van der Waals surface area contributed by atoms with Crippen molar-refractivity contribution >= 4 is 17.8 Å². The quantitative estimate of drug-likeness (QED) is 0.636. The predicted octanol–water partition coefficient (Wildman–Crippen LogP) is 1.91. The van der Waals surface area contributed by atoms with Gasteiger partial charge in [-0.15, -0.1) is 0 Å². The van der Waals surface area contributed by atoms with Gasteiger partial charge < -0.3 is 4.84 Å². The number of benzene rings is 1. The Kier molecular flexibility index (Phi) is 3.84. The normalized spacial score (nSPS) is 13.2. The van der Waals surface area contributed by atoms with Crippen molar-refractivity contribution in [3.8, 4) is 0 Å². The summed E-state index contributed by atoms with van der Waals surface area (Å²) in [7, 11) is 0. The van der Waals surface area contributed by atoms with Gasteiger partial charge in [0.15, 0.2) is 0 Å². The first-order valence-electron chi connectivity index (χ1n) is 6.85. The second-order valence-corrected chi connectivity index (χ2v) is 4.90. The number of aryl methyl sites for hydroxylation is 1. The standard InChI is InChI=1S/C16H11FN2O4/c17-13-7-5-10(9-18-13)6-8-14(20)23-19-15(21)11-3-1-2-4-12(11)16(19)22/h1-5,7,9H,6,8H2. The van der Waals surface area contributed by atoms with E-state index >= 15 is 0 Å². The predicted molar refractivity (Wildman–Crippen MR) is 75.6 cm³/mol. The number of carbonyl (C=O) groups is 3. The zero-order valence-electron chi connectivity index (χ0n) is 11.9. The number of pyridine rings is 1. The minimum atomic E-state index is -0.733. The molecule has 1 aromatic carbocycles. The van der Waals surface area contributed by atoms with E-state index in [1.54, 1.807) is 12.1 Å². The third kappa shape index (κ3) is 2.94. The van der Waals surface area contributed by atoms with Gasteiger partial charge in [-0.3, -0.25) is 9.59 Å². The SMILES string of the molecule is O=C(CCc1ccc(F)nc1)ON1C(=O)c2ccccc2C1=O. The first kappa shape index (κ1) is 14.8. The van der Waals surface area contributed by atoms with E-state index in [1.807, 2.05) is 0 Å². The maximum atomic E-state index is 12.7. The Morgan fingerprint density at radius 3 is 2.30 bits per heavy atom. The molecule has 0 saturated carbocycles. The number of rotatable bonds is 4. The molecule has 0 atom stereocenters. The van der Waals surface area contributed by atoms with Crippen LogP contribution in [0.3, 0.4) is 0 Å². The first-order valence-corrected chi connectivity index (χ1v) is 6.85. The van der Waals surface area contributed by atoms with Gasteiger partial charge in [0.05, 0.1) is 17.5 Å². The molecule has 0 fully saturated rings. The van der Waals surface area contributed by atoms with E-state index in [1.165, 1.54) is 30.5 Å². The Morgan fingerprint density at radius 2 is 1.74 bits per heavy atom. The summed E-state index contributed by atoms with van der Waals surface area (Å²) in [6, 6.07) is 8.91. The van der Waals surface area contributed by atoms with Crippen LogP contribution in [0, 0.1) is 5.95 Å². The Labute approximate surface area is 130 Å². The minimum absolute atomic E-state index is 0.0687. The molecule has 116 valence electrons. The average molecular weight is 314 g/mol. The number of carbonyl (C=O) groups excluding carboxylic acids is 3. The molecule has 0 unspecified atom stereocenters. The Bertz CT molecular complexity index is 754. The van der Waals surface area contributed by atoms with E-state index < -0.39 is 23.7 Å². The molecule has 0 spiro atoms. The van der Waals surface area contributed by atoms with Crippen molar-refractivity contribution in [1.29, 1.82) is 0 Å². The molecule has 0 saturated heterocycles. The number of imide groups is 1. The molecule has 2 heterocycles. The summed E-state index contributed by atoms with van der Waals surface area (Å²) in [6.45, 7) is 0. The molecule has 0 radical (unpaired) electrons. The van der Waals surface area contributed by atoms with Crippen molar-refractivity contribution in [2.45, 2.75) is 12.8 Å². The number of fused-ring (bicyclic) bond motifs is 1. The van der Waals surface area contributed by atoms with Crippen LogP contribution in [0.1, 0.15) is 32.7 Å². The van der Waals surface area contributed by atoms with E-state index in [0.717, 1.165) is 0 Å². The van der Waals surface area contributed by atoms with Gasteiger partial charge in [0.25, 0.3) is 11.8 Å². The zero-order chi connectivity index (χ0) is 16.4. The highest BCUT2D eigenvalue weighted by molar-refractivity contribution is 6.20. The fraction of sp³-hybridized carbons (Fsp3) is 0.125.